The molecule has 0 bridgehead atoms. The van der Waals surface area contributed by atoms with Crippen molar-refractivity contribution in [1.82, 2.24) is 14.5 Å². The zero-order valence-corrected chi connectivity index (χ0v) is 13.1. The summed E-state index contributed by atoms with van der Waals surface area (Å²) in [5.41, 5.74) is 7.38. The van der Waals surface area contributed by atoms with Crippen molar-refractivity contribution in [2.45, 2.75) is 19.4 Å². The number of thiazole rings is 1. The lowest BCUT2D eigenvalue weighted by Gasteiger charge is -2.16. The molecule has 0 aliphatic heterocycles. The van der Waals surface area contributed by atoms with Crippen LogP contribution in [0.2, 0.25) is 0 Å². The molecule has 0 amide bonds. The van der Waals surface area contributed by atoms with Crippen LogP contribution < -0.4 is 5.73 Å². The van der Waals surface area contributed by atoms with Crippen LogP contribution in [0, 0.1) is 5.82 Å². The van der Waals surface area contributed by atoms with Crippen molar-refractivity contribution in [3.05, 3.63) is 39.0 Å². The van der Waals surface area contributed by atoms with Gasteiger partial charge in [0.2, 0.25) is 5.95 Å². The number of aromatic nitrogens is 3. The van der Waals surface area contributed by atoms with Crippen LogP contribution in [0.3, 0.4) is 0 Å². The Hall–Kier alpha value is -1.47. The van der Waals surface area contributed by atoms with Gasteiger partial charge in [-0.25, -0.2) is 14.4 Å². The van der Waals surface area contributed by atoms with Crippen LogP contribution in [0.15, 0.2) is 28.2 Å². The average molecular weight is 355 g/mol. The Morgan fingerprint density at radius 1 is 1.50 bits per heavy atom. The van der Waals surface area contributed by atoms with Gasteiger partial charge < -0.3 is 10.3 Å². The number of nitrogens with zero attached hydrogens (tertiary/aromatic N) is 3. The summed E-state index contributed by atoms with van der Waals surface area (Å²) in [6.07, 6.45) is 2.57. The number of hydrogen-bond donors (Lipinski definition) is 1. The van der Waals surface area contributed by atoms with Crippen LogP contribution in [0.4, 0.5) is 10.3 Å². The van der Waals surface area contributed by atoms with Gasteiger partial charge in [-0.3, -0.25) is 0 Å². The Balaban J connectivity index is 2.24. The van der Waals surface area contributed by atoms with Gasteiger partial charge in [-0.05, 0) is 28.4 Å². The highest BCUT2D eigenvalue weighted by atomic mass is 79.9. The molecule has 1 unspecified atom stereocenters. The van der Waals surface area contributed by atoms with Gasteiger partial charge >= 0.3 is 0 Å². The minimum Gasteiger partial charge on any atom is -0.369 e. The second kappa shape index (κ2) is 5.14. The van der Waals surface area contributed by atoms with Gasteiger partial charge in [0.1, 0.15) is 10.8 Å². The highest BCUT2D eigenvalue weighted by Gasteiger charge is 2.21. The number of rotatable bonds is 3. The zero-order chi connectivity index (χ0) is 14.3. The number of benzene rings is 1. The molecule has 4 nitrogen and oxygen atoms in total. The Labute approximate surface area is 127 Å². The third-order valence-electron chi connectivity index (χ3n) is 3.19. The second-order valence-electron chi connectivity index (χ2n) is 4.39. The molecule has 0 saturated carbocycles. The molecule has 2 heterocycles. The summed E-state index contributed by atoms with van der Waals surface area (Å²) in [6, 6.07) is 3.08. The smallest absolute Gasteiger partial charge is 0.201 e. The third kappa shape index (κ3) is 2.10. The van der Waals surface area contributed by atoms with Gasteiger partial charge in [-0.2, -0.15) is 0 Å². The molecular formula is C13H12BrFN4S. The van der Waals surface area contributed by atoms with Crippen LogP contribution in [0.5, 0.6) is 0 Å². The Morgan fingerprint density at radius 3 is 2.95 bits per heavy atom. The minimum absolute atomic E-state index is 0.0272. The van der Waals surface area contributed by atoms with Crippen LogP contribution in [0.25, 0.3) is 11.0 Å². The molecule has 0 saturated heterocycles. The number of nitrogens with two attached hydrogens (primary N) is 1. The fraction of sp³-hybridized carbons (Fsp3) is 0.231. The van der Waals surface area contributed by atoms with E-state index in [4.69, 9.17) is 5.73 Å². The maximum absolute atomic E-state index is 13.8. The number of imidazole rings is 1. The van der Waals surface area contributed by atoms with Crippen LogP contribution in [-0.2, 0) is 0 Å². The summed E-state index contributed by atoms with van der Waals surface area (Å²) in [5, 5.41) is 2.87. The standard InChI is InChI=1S/C13H12BrFN4S/c1-2-10(12-17-3-4-20-12)19-11-6-8(15)7(14)5-9(11)18-13(19)16/h3-6,10H,2H2,1H3,(H2,16,18). The molecule has 7 heteroatoms. The van der Waals surface area contributed by atoms with Crippen LogP contribution in [0.1, 0.15) is 24.4 Å². The van der Waals surface area contributed by atoms with Crippen molar-refractivity contribution < 1.29 is 4.39 Å². The van der Waals surface area contributed by atoms with Crippen LogP contribution >= 0.6 is 27.3 Å². The third-order valence-corrected chi connectivity index (χ3v) is 4.68. The van der Waals surface area contributed by atoms with Crippen molar-refractivity contribution in [1.29, 1.82) is 0 Å². The predicted octanol–water partition coefficient (Wildman–Crippen LogP) is 3.98. The largest absolute Gasteiger partial charge is 0.369 e. The lowest BCUT2D eigenvalue weighted by Crippen LogP contribution is -2.12. The summed E-state index contributed by atoms with van der Waals surface area (Å²) in [4.78, 5) is 8.66. The maximum atomic E-state index is 13.8. The van der Waals surface area contributed by atoms with E-state index in [1.54, 1.807) is 23.6 Å². The molecule has 104 valence electrons. The molecule has 1 atom stereocenters. The zero-order valence-electron chi connectivity index (χ0n) is 10.7. The maximum Gasteiger partial charge on any atom is 0.201 e. The number of halogens is 2. The van der Waals surface area contributed by atoms with Crippen molar-refractivity contribution in [2.24, 2.45) is 0 Å². The Bertz CT molecular complexity index is 753. The van der Waals surface area contributed by atoms with E-state index in [-0.39, 0.29) is 11.9 Å². The molecule has 2 N–H and O–H groups in total. The monoisotopic (exact) mass is 354 g/mol. The van der Waals surface area contributed by atoms with Gasteiger partial charge in [0.05, 0.1) is 21.5 Å². The molecule has 20 heavy (non-hydrogen) atoms. The van der Waals surface area contributed by atoms with Crippen LogP contribution in [-0.4, -0.2) is 14.5 Å². The van der Waals surface area contributed by atoms with Crippen molar-refractivity contribution in [3.8, 4) is 0 Å². The number of anilines is 1. The van der Waals surface area contributed by atoms with Gasteiger partial charge in [-0.1, -0.05) is 6.92 Å². The molecule has 0 fully saturated rings. The van der Waals surface area contributed by atoms with E-state index in [1.807, 2.05) is 16.9 Å². The molecule has 0 aliphatic rings. The molecule has 1 aromatic carbocycles. The summed E-state index contributed by atoms with van der Waals surface area (Å²) >= 11 is 4.73. The molecular weight excluding hydrogens is 343 g/mol. The van der Waals surface area contributed by atoms with E-state index in [0.29, 0.717) is 21.5 Å². The van der Waals surface area contributed by atoms with Crippen molar-refractivity contribution in [2.75, 3.05) is 5.73 Å². The first kappa shape index (κ1) is 13.5. The SMILES string of the molecule is CCC(c1nccs1)n1c(N)nc2cc(Br)c(F)cc21. The first-order chi connectivity index (χ1) is 9.61. The van der Waals surface area contributed by atoms with E-state index in [9.17, 15) is 4.39 Å². The molecule has 2 aromatic heterocycles. The summed E-state index contributed by atoms with van der Waals surface area (Å²) in [5.74, 6) is 0.0483. The van der Waals surface area contributed by atoms with Crippen molar-refractivity contribution >= 4 is 44.2 Å². The minimum atomic E-state index is -0.326. The first-order valence-corrected chi connectivity index (χ1v) is 7.81. The summed E-state index contributed by atoms with van der Waals surface area (Å²) < 4.78 is 16.0. The molecule has 0 spiro atoms. The number of hydrogen-bond acceptors (Lipinski definition) is 4. The summed E-state index contributed by atoms with van der Waals surface area (Å²) in [7, 11) is 0. The number of nitrogen functional groups attached to an aromatic ring is 1. The summed E-state index contributed by atoms with van der Waals surface area (Å²) in [6.45, 7) is 2.05. The van der Waals surface area contributed by atoms with Gasteiger partial charge in [0, 0.05) is 17.6 Å². The Morgan fingerprint density at radius 2 is 2.30 bits per heavy atom. The molecule has 3 aromatic rings. The predicted molar refractivity (Wildman–Crippen MR) is 82.3 cm³/mol. The number of fused-ring (bicyclic) bond motifs is 1. The molecule has 0 aliphatic carbocycles. The molecule has 3 rings (SSSR count). The first-order valence-electron chi connectivity index (χ1n) is 6.13. The van der Waals surface area contributed by atoms with E-state index in [0.717, 1.165) is 11.4 Å². The van der Waals surface area contributed by atoms with E-state index < -0.39 is 0 Å². The van der Waals surface area contributed by atoms with Crippen molar-refractivity contribution in [3.63, 3.8) is 0 Å². The lowest BCUT2D eigenvalue weighted by atomic mass is 10.2. The van der Waals surface area contributed by atoms with E-state index >= 15 is 0 Å². The normalized spacial score (nSPS) is 12.9. The van der Waals surface area contributed by atoms with E-state index in [1.165, 1.54) is 6.07 Å². The highest BCUT2D eigenvalue weighted by Crippen LogP contribution is 2.32. The molecule has 0 radical (unpaired) electrons. The fourth-order valence-electron chi connectivity index (χ4n) is 2.30. The van der Waals surface area contributed by atoms with Gasteiger partial charge in [0.15, 0.2) is 0 Å². The fourth-order valence-corrected chi connectivity index (χ4v) is 3.45. The van der Waals surface area contributed by atoms with E-state index in [2.05, 4.69) is 25.9 Å². The topological polar surface area (TPSA) is 56.7 Å². The Kier molecular flexibility index (Phi) is 3.47. The van der Waals surface area contributed by atoms with Gasteiger partial charge in [-0.15, -0.1) is 11.3 Å². The lowest BCUT2D eigenvalue weighted by molar-refractivity contribution is 0.581. The quantitative estimate of drug-likeness (QED) is 0.773. The highest BCUT2D eigenvalue weighted by molar-refractivity contribution is 9.10. The second-order valence-corrected chi connectivity index (χ2v) is 6.17. The average Bonchev–Trinajstić information content (AvgIpc) is 3.02. The van der Waals surface area contributed by atoms with Gasteiger partial charge in [0.25, 0.3) is 0 Å².